The first kappa shape index (κ1) is 15.9. The molecule has 0 bridgehead atoms. The summed E-state index contributed by atoms with van der Waals surface area (Å²) in [6.45, 7) is 2.08. The summed E-state index contributed by atoms with van der Waals surface area (Å²) in [7, 11) is 0. The molecule has 0 nitrogen and oxygen atoms in total. The van der Waals surface area contributed by atoms with Gasteiger partial charge in [-0.1, -0.05) is 0 Å². The maximum absolute atomic E-state index is 3.38. The van der Waals surface area contributed by atoms with Gasteiger partial charge in [-0.2, -0.15) is 22.7 Å². The van der Waals surface area contributed by atoms with Crippen molar-refractivity contribution in [2.75, 3.05) is 0 Å². The maximum atomic E-state index is 3.38. The monoisotopic (exact) mass is 427 g/mol. The van der Waals surface area contributed by atoms with Crippen LogP contribution in [0.1, 0.15) is 5.56 Å². The number of halogens is 3. The Labute approximate surface area is 125 Å². The van der Waals surface area contributed by atoms with Gasteiger partial charge in [-0.3, -0.25) is 0 Å². The number of thiophene rings is 2. The summed E-state index contributed by atoms with van der Waals surface area (Å²) in [5.41, 5.74) is 1.32. The lowest BCUT2D eigenvalue weighted by Crippen LogP contribution is -1.56. The van der Waals surface area contributed by atoms with E-state index in [1.807, 2.05) is 10.8 Å². The third kappa shape index (κ3) is 5.68. The molecule has 0 aliphatic rings. The Morgan fingerprint density at radius 3 is 1.33 bits per heavy atom. The molecular formula is C9H7BBr3S2. The van der Waals surface area contributed by atoms with Crippen LogP contribution in [0, 0.1) is 6.92 Å². The van der Waals surface area contributed by atoms with E-state index in [-0.39, 0.29) is 8.41 Å². The number of rotatable bonds is 0. The Morgan fingerprint density at radius 2 is 1.20 bits per heavy atom. The lowest BCUT2D eigenvalue weighted by atomic mass is 10.4. The van der Waals surface area contributed by atoms with Crippen LogP contribution in [0.15, 0.2) is 34.9 Å². The minimum atomic E-state index is 0. The van der Waals surface area contributed by atoms with Crippen LogP contribution >= 0.6 is 70.5 Å². The highest BCUT2D eigenvalue weighted by atomic mass is 79.9. The van der Waals surface area contributed by atoms with Gasteiger partial charge in [0.25, 0.3) is 0 Å². The van der Waals surface area contributed by atoms with Gasteiger partial charge in [0.15, 0.2) is 0 Å². The van der Waals surface area contributed by atoms with E-state index >= 15 is 0 Å². The van der Waals surface area contributed by atoms with Gasteiger partial charge in [-0.05, 0) is 65.7 Å². The van der Waals surface area contributed by atoms with E-state index < -0.39 is 0 Å². The van der Waals surface area contributed by atoms with Crippen molar-refractivity contribution in [3.8, 4) is 0 Å². The van der Waals surface area contributed by atoms with Crippen LogP contribution in [0.3, 0.4) is 0 Å². The third-order valence-electron chi connectivity index (χ3n) is 1.36. The fourth-order valence-corrected chi connectivity index (χ4v) is 3.65. The minimum absolute atomic E-state index is 0. The summed E-state index contributed by atoms with van der Waals surface area (Å²) < 4.78 is 3.49. The second kappa shape index (κ2) is 8.06. The van der Waals surface area contributed by atoms with Crippen molar-refractivity contribution in [1.82, 2.24) is 0 Å². The van der Waals surface area contributed by atoms with Gasteiger partial charge in [-0.15, -0.1) is 0 Å². The van der Waals surface area contributed by atoms with Crippen LogP contribution in [-0.2, 0) is 0 Å². The zero-order valence-electron chi connectivity index (χ0n) is 7.84. The van der Waals surface area contributed by atoms with E-state index in [9.17, 15) is 0 Å². The molecule has 2 aromatic heterocycles. The average Bonchev–Trinajstić information content (AvgIpc) is 2.67. The third-order valence-corrected chi connectivity index (χ3v) is 6.58. The van der Waals surface area contributed by atoms with Gasteiger partial charge in [0, 0.05) is 38.0 Å². The maximum Gasteiger partial charge on any atom is 0.0424 e. The van der Waals surface area contributed by atoms with E-state index in [1.54, 1.807) is 22.7 Å². The molecular weight excluding hydrogens is 423 g/mol. The Kier molecular flexibility index (Phi) is 8.55. The number of hydrogen-bond donors (Lipinski definition) is 0. The van der Waals surface area contributed by atoms with Gasteiger partial charge >= 0.3 is 0 Å². The van der Waals surface area contributed by atoms with Crippen molar-refractivity contribution in [3.05, 3.63) is 40.5 Å². The molecule has 15 heavy (non-hydrogen) atoms. The number of hydrogen-bond acceptors (Lipinski definition) is 2. The van der Waals surface area contributed by atoms with Crippen molar-refractivity contribution in [1.29, 1.82) is 0 Å². The van der Waals surface area contributed by atoms with Gasteiger partial charge in [0.2, 0.25) is 0 Å². The van der Waals surface area contributed by atoms with Gasteiger partial charge in [0.1, 0.15) is 0 Å². The van der Waals surface area contributed by atoms with Crippen LogP contribution in [0.25, 0.3) is 0 Å². The van der Waals surface area contributed by atoms with E-state index in [2.05, 4.69) is 65.5 Å². The minimum Gasteiger partial charge on any atom is -0.151 e. The van der Waals surface area contributed by atoms with Crippen molar-refractivity contribution in [2.24, 2.45) is 0 Å². The van der Waals surface area contributed by atoms with Crippen molar-refractivity contribution >= 4 is 78.9 Å². The van der Waals surface area contributed by atoms with Crippen LogP contribution in [-0.4, -0.2) is 8.41 Å². The first-order chi connectivity index (χ1) is 6.61. The quantitative estimate of drug-likeness (QED) is 0.470. The molecule has 0 N–H and O–H groups in total. The molecule has 0 saturated heterocycles. The van der Waals surface area contributed by atoms with E-state index in [0.29, 0.717) is 0 Å². The van der Waals surface area contributed by atoms with Crippen LogP contribution < -0.4 is 0 Å². The smallest absolute Gasteiger partial charge is 0.0424 e. The topological polar surface area (TPSA) is 0 Å². The molecule has 0 fully saturated rings. The molecule has 0 saturated carbocycles. The SMILES string of the molecule is Brc1cscc1Br.Cc1cscc1Br.[B]. The van der Waals surface area contributed by atoms with E-state index in [1.165, 1.54) is 10.0 Å². The Morgan fingerprint density at radius 1 is 0.800 bits per heavy atom. The van der Waals surface area contributed by atoms with Crippen LogP contribution in [0.2, 0.25) is 0 Å². The summed E-state index contributed by atoms with van der Waals surface area (Å²) in [4.78, 5) is 0. The molecule has 0 aliphatic heterocycles. The molecule has 79 valence electrons. The van der Waals surface area contributed by atoms with E-state index in [4.69, 9.17) is 0 Å². The fourth-order valence-electron chi connectivity index (χ4n) is 0.611. The fraction of sp³-hybridized carbons (Fsp3) is 0.111. The largest absolute Gasteiger partial charge is 0.151 e. The van der Waals surface area contributed by atoms with E-state index in [0.717, 1.165) is 8.95 Å². The molecule has 2 aromatic rings. The van der Waals surface area contributed by atoms with Crippen LogP contribution in [0.5, 0.6) is 0 Å². The van der Waals surface area contributed by atoms with Gasteiger partial charge < -0.3 is 0 Å². The average molecular weight is 430 g/mol. The van der Waals surface area contributed by atoms with Crippen molar-refractivity contribution in [2.45, 2.75) is 6.92 Å². The predicted molar refractivity (Wildman–Crippen MR) is 82.2 cm³/mol. The van der Waals surface area contributed by atoms with Crippen LogP contribution in [0.4, 0.5) is 0 Å². The second-order valence-corrected chi connectivity index (χ2v) is 6.52. The summed E-state index contributed by atoms with van der Waals surface area (Å²) in [5.74, 6) is 0. The molecule has 2 heterocycles. The highest BCUT2D eigenvalue weighted by Crippen LogP contribution is 2.25. The Bertz CT molecular complexity index is 326. The molecule has 0 spiro atoms. The lowest BCUT2D eigenvalue weighted by Gasteiger charge is -1.77. The molecule has 0 unspecified atom stereocenters. The summed E-state index contributed by atoms with van der Waals surface area (Å²) in [5, 5.41) is 8.26. The first-order valence-electron chi connectivity index (χ1n) is 3.66. The molecule has 0 aliphatic carbocycles. The van der Waals surface area contributed by atoms with Crippen molar-refractivity contribution < 1.29 is 0 Å². The molecule has 2 rings (SSSR count). The molecule has 0 aromatic carbocycles. The highest BCUT2D eigenvalue weighted by Gasteiger charge is 1.91. The highest BCUT2D eigenvalue weighted by molar-refractivity contribution is 9.13. The lowest BCUT2D eigenvalue weighted by molar-refractivity contribution is 1.52. The van der Waals surface area contributed by atoms with Gasteiger partial charge in [0.05, 0.1) is 0 Å². The Balaban J connectivity index is 0.000000245. The second-order valence-electron chi connectivity index (χ2n) is 2.47. The normalized spacial score (nSPS) is 8.80. The molecule has 3 radical (unpaired) electrons. The molecule has 6 heteroatoms. The summed E-state index contributed by atoms with van der Waals surface area (Å²) in [6, 6.07) is 0. The molecule has 0 atom stereocenters. The zero-order chi connectivity index (χ0) is 10.6. The summed E-state index contributed by atoms with van der Waals surface area (Å²) in [6.07, 6.45) is 0. The predicted octanol–water partition coefficient (Wildman–Crippen LogP) is 5.71. The Hall–Kier alpha value is 0.905. The first-order valence-corrected chi connectivity index (χ1v) is 7.93. The van der Waals surface area contributed by atoms with Crippen molar-refractivity contribution in [3.63, 3.8) is 0 Å². The summed E-state index contributed by atoms with van der Waals surface area (Å²) >= 11 is 13.4. The number of aryl methyl sites for hydroxylation is 1. The molecule has 0 amide bonds. The standard InChI is InChI=1S/C5H5BrS.C4H2Br2S.B/c1-4-2-7-3-5(4)6;5-3-1-7-2-4(3)6;/h2-3H,1H3;1-2H;. The van der Waals surface area contributed by atoms with Gasteiger partial charge in [-0.25, -0.2) is 0 Å². The zero-order valence-corrected chi connectivity index (χ0v) is 14.2.